The molecule has 0 aliphatic rings. The van der Waals surface area contributed by atoms with Gasteiger partial charge in [-0.3, -0.25) is 4.55 Å². The normalized spacial score (nSPS) is 12.6. The van der Waals surface area contributed by atoms with Crippen LogP contribution in [0.25, 0.3) is 0 Å². The molecule has 0 aliphatic carbocycles. The first-order valence-electron chi connectivity index (χ1n) is 2.17. The van der Waals surface area contributed by atoms with Crippen LogP contribution in [0.3, 0.4) is 0 Å². The molecule has 0 spiro atoms. The molecule has 6 heteroatoms. The zero-order chi connectivity index (χ0) is 7.33. The first kappa shape index (κ1) is 8.38. The molecule has 0 radical (unpaired) electrons. The van der Waals surface area contributed by atoms with Gasteiger partial charge in [-0.1, -0.05) is 0 Å². The molecular formula is C3H7NO4S. The van der Waals surface area contributed by atoms with Gasteiger partial charge in [0.25, 0.3) is 10.1 Å². The fraction of sp³-hybridized carbons (Fsp3) is 0.667. The molecule has 0 saturated heterocycles. The zero-order valence-corrected chi connectivity index (χ0v) is 5.37. The summed E-state index contributed by atoms with van der Waals surface area (Å²) in [6.07, 6.45) is 1.02. The summed E-state index contributed by atoms with van der Waals surface area (Å²) < 4.78 is 27.9. The molecule has 0 atom stereocenters. The Bertz CT molecular complexity index is 182. The van der Waals surface area contributed by atoms with Crippen molar-refractivity contribution in [2.24, 2.45) is 5.16 Å². The Labute approximate surface area is 52.7 Å². The van der Waals surface area contributed by atoms with E-state index in [2.05, 4.69) is 5.16 Å². The molecule has 0 rings (SSSR count). The maximum Gasteiger partial charge on any atom is 0.265 e. The Kier molecular flexibility index (Phi) is 3.18. The van der Waals surface area contributed by atoms with Crippen LogP contribution in [0.1, 0.15) is 6.42 Å². The van der Waals surface area contributed by atoms with E-state index in [0.29, 0.717) is 0 Å². The molecule has 9 heavy (non-hydrogen) atoms. The van der Waals surface area contributed by atoms with E-state index < -0.39 is 15.9 Å². The predicted molar refractivity (Wildman–Crippen MR) is 31.3 cm³/mol. The number of nitrogens with zero attached hydrogens (tertiary/aromatic N) is 1. The second kappa shape index (κ2) is 3.41. The maximum atomic E-state index is 9.92. The summed E-state index contributed by atoms with van der Waals surface area (Å²) in [5.74, 6) is -0.406. The lowest BCUT2D eigenvalue weighted by molar-refractivity contribution is 0.320. The van der Waals surface area contributed by atoms with Gasteiger partial charge in [0, 0.05) is 12.6 Å². The second-order valence-corrected chi connectivity index (χ2v) is 2.94. The molecule has 5 nitrogen and oxygen atoms in total. The van der Waals surface area contributed by atoms with Crippen LogP contribution in [0.4, 0.5) is 0 Å². The van der Waals surface area contributed by atoms with Gasteiger partial charge < -0.3 is 5.21 Å². The second-order valence-electron chi connectivity index (χ2n) is 1.37. The zero-order valence-electron chi connectivity index (χ0n) is 4.56. The van der Waals surface area contributed by atoms with Crippen LogP contribution in [-0.2, 0) is 10.1 Å². The summed E-state index contributed by atoms with van der Waals surface area (Å²) in [6.45, 7) is 0. The van der Waals surface area contributed by atoms with Crippen LogP contribution in [0.2, 0.25) is 0 Å². The van der Waals surface area contributed by atoms with Crippen molar-refractivity contribution < 1.29 is 18.2 Å². The van der Waals surface area contributed by atoms with Gasteiger partial charge >= 0.3 is 0 Å². The molecule has 0 bridgehead atoms. The van der Waals surface area contributed by atoms with E-state index in [1.165, 1.54) is 0 Å². The average molecular weight is 153 g/mol. The highest BCUT2D eigenvalue weighted by molar-refractivity contribution is 7.85. The van der Waals surface area contributed by atoms with Gasteiger partial charge in [-0.15, -0.1) is 5.16 Å². The number of oxime groups is 1. The van der Waals surface area contributed by atoms with Crippen LogP contribution >= 0.6 is 0 Å². The van der Waals surface area contributed by atoms with Crippen LogP contribution < -0.4 is 0 Å². The fourth-order valence-electron chi connectivity index (χ4n) is 0.259. The van der Waals surface area contributed by atoms with Crippen molar-refractivity contribution in [1.29, 1.82) is 0 Å². The van der Waals surface area contributed by atoms with Crippen molar-refractivity contribution in [2.45, 2.75) is 6.42 Å². The van der Waals surface area contributed by atoms with Crippen molar-refractivity contribution in [2.75, 3.05) is 5.75 Å². The Morgan fingerprint density at radius 1 is 1.56 bits per heavy atom. The van der Waals surface area contributed by atoms with Gasteiger partial charge in [0.15, 0.2) is 0 Å². The Morgan fingerprint density at radius 2 is 2.11 bits per heavy atom. The first-order valence-corrected chi connectivity index (χ1v) is 3.78. The summed E-state index contributed by atoms with van der Waals surface area (Å²) in [5.41, 5.74) is 0. The number of hydrogen-bond acceptors (Lipinski definition) is 4. The summed E-state index contributed by atoms with van der Waals surface area (Å²) in [5, 5.41) is 10.3. The van der Waals surface area contributed by atoms with Gasteiger partial charge in [-0.25, -0.2) is 0 Å². The van der Waals surface area contributed by atoms with Crippen molar-refractivity contribution in [3.63, 3.8) is 0 Å². The van der Waals surface area contributed by atoms with E-state index >= 15 is 0 Å². The summed E-state index contributed by atoms with van der Waals surface area (Å²) in [6, 6.07) is 0. The minimum Gasteiger partial charge on any atom is -0.411 e. The molecule has 0 heterocycles. The fourth-order valence-corrected chi connectivity index (χ4v) is 0.663. The summed E-state index contributed by atoms with van der Waals surface area (Å²) in [7, 11) is -3.90. The van der Waals surface area contributed by atoms with E-state index in [-0.39, 0.29) is 6.42 Å². The third-order valence-corrected chi connectivity index (χ3v) is 1.34. The van der Waals surface area contributed by atoms with Crippen LogP contribution in [0.5, 0.6) is 0 Å². The molecule has 54 valence electrons. The first-order chi connectivity index (χ1) is 4.06. The van der Waals surface area contributed by atoms with E-state index in [0.717, 1.165) is 6.21 Å². The summed E-state index contributed by atoms with van der Waals surface area (Å²) in [4.78, 5) is 0. The molecule has 2 N–H and O–H groups in total. The predicted octanol–water partition coefficient (Wildman–Crippen LogP) is -0.276. The molecule has 0 unspecified atom stereocenters. The smallest absolute Gasteiger partial charge is 0.265 e. The van der Waals surface area contributed by atoms with E-state index in [9.17, 15) is 8.42 Å². The van der Waals surface area contributed by atoms with Gasteiger partial charge in [0.05, 0.1) is 5.75 Å². The molecule has 0 aromatic carbocycles. The number of rotatable bonds is 3. The van der Waals surface area contributed by atoms with E-state index in [4.69, 9.17) is 9.76 Å². The van der Waals surface area contributed by atoms with Crippen molar-refractivity contribution in [3.8, 4) is 0 Å². The molecule has 0 fully saturated rings. The highest BCUT2D eigenvalue weighted by atomic mass is 32.2. The molecule has 0 aromatic rings. The topological polar surface area (TPSA) is 87.0 Å². The Hall–Kier alpha value is -0.620. The van der Waals surface area contributed by atoms with Gasteiger partial charge in [-0.05, 0) is 0 Å². The van der Waals surface area contributed by atoms with Crippen molar-refractivity contribution >= 4 is 16.3 Å². The minimum absolute atomic E-state index is 0.0231. The third-order valence-electron chi connectivity index (χ3n) is 0.587. The molecule has 0 aromatic heterocycles. The lowest BCUT2D eigenvalue weighted by atomic mass is 10.5. The van der Waals surface area contributed by atoms with Crippen LogP contribution in [-0.4, -0.2) is 30.1 Å². The SMILES string of the molecule is O=S(=O)(O)CCC=NO. The highest BCUT2D eigenvalue weighted by Gasteiger charge is 2.00. The van der Waals surface area contributed by atoms with Crippen LogP contribution in [0.15, 0.2) is 5.16 Å². The largest absolute Gasteiger partial charge is 0.411 e. The van der Waals surface area contributed by atoms with Gasteiger partial charge in [0.1, 0.15) is 0 Å². The van der Waals surface area contributed by atoms with Crippen molar-refractivity contribution in [1.82, 2.24) is 0 Å². The molecule has 0 aliphatic heterocycles. The van der Waals surface area contributed by atoms with Crippen LogP contribution in [0, 0.1) is 0 Å². The van der Waals surface area contributed by atoms with E-state index in [1.54, 1.807) is 0 Å². The van der Waals surface area contributed by atoms with Gasteiger partial charge in [0.2, 0.25) is 0 Å². The quantitative estimate of drug-likeness (QED) is 0.253. The minimum atomic E-state index is -3.90. The third kappa shape index (κ3) is 7.38. The molecule has 0 amide bonds. The lowest BCUT2D eigenvalue weighted by Crippen LogP contribution is -2.03. The monoisotopic (exact) mass is 153 g/mol. The van der Waals surface area contributed by atoms with E-state index in [1.807, 2.05) is 0 Å². The molecule has 0 saturated carbocycles. The Morgan fingerprint density at radius 3 is 2.44 bits per heavy atom. The standard InChI is InChI=1S/C3H7NO4S/c5-4-2-1-3-9(6,7)8/h2,5H,1,3H2,(H,6,7,8). The Balaban J connectivity index is 3.53. The average Bonchev–Trinajstić information content (AvgIpc) is 1.63. The maximum absolute atomic E-state index is 9.92. The van der Waals surface area contributed by atoms with Gasteiger partial charge in [-0.2, -0.15) is 8.42 Å². The lowest BCUT2D eigenvalue weighted by Gasteiger charge is -1.87. The molecular weight excluding hydrogens is 146 g/mol. The number of hydrogen-bond donors (Lipinski definition) is 2. The highest BCUT2D eigenvalue weighted by Crippen LogP contribution is 1.83. The summed E-state index contributed by atoms with van der Waals surface area (Å²) >= 11 is 0. The van der Waals surface area contributed by atoms with Crippen molar-refractivity contribution in [3.05, 3.63) is 0 Å².